The van der Waals surface area contributed by atoms with Crippen molar-refractivity contribution >= 4 is 18.3 Å². The van der Waals surface area contributed by atoms with Crippen LogP contribution >= 0.6 is 12.6 Å². The first-order chi connectivity index (χ1) is 4.61. The summed E-state index contributed by atoms with van der Waals surface area (Å²) in [5.41, 5.74) is 6.56. The maximum Gasteiger partial charge on any atom is 0.125 e. The van der Waals surface area contributed by atoms with Crippen molar-refractivity contribution in [2.24, 2.45) is 0 Å². The molecule has 3 heteroatoms. The average Bonchev–Trinajstić information content (AvgIpc) is 1.82. The van der Waals surface area contributed by atoms with Gasteiger partial charge in [-0.15, -0.1) is 12.6 Å². The van der Waals surface area contributed by atoms with Crippen LogP contribution in [0.3, 0.4) is 0 Å². The van der Waals surface area contributed by atoms with Gasteiger partial charge in [0.2, 0.25) is 0 Å². The van der Waals surface area contributed by atoms with Crippen LogP contribution in [-0.4, -0.2) is 0 Å². The van der Waals surface area contributed by atoms with Crippen molar-refractivity contribution in [1.29, 1.82) is 0 Å². The second kappa shape index (κ2) is 2.50. The second-order valence-corrected chi connectivity index (χ2v) is 2.61. The number of rotatable bonds is 0. The lowest BCUT2D eigenvalue weighted by Crippen LogP contribution is -1.90. The maximum absolute atomic E-state index is 12.5. The Morgan fingerprint density at radius 2 is 2.10 bits per heavy atom. The lowest BCUT2D eigenvalue weighted by molar-refractivity contribution is 0.626. The molecule has 1 aromatic rings. The summed E-state index contributed by atoms with van der Waals surface area (Å²) < 4.78 is 12.5. The molecule has 0 bridgehead atoms. The lowest BCUT2D eigenvalue weighted by atomic mass is 10.2. The largest absolute Gasteiger partial charge is 0.398 e. The fraction of sp³-hybridized carbons (Fsp3) is 0.143. The van der Waals surface area contributed by atoms with Crippen LogP contribution in [0.2, 0.25) is 0 Å². The van der Waals surface area contributed by atoms with Crippen LogP contribution in [0.4, 0.5) is 10.1 Å². The summed E-state index contributed by atoms with van der Waals surface area (Å²) in [6.45, 7) is 1.77. The van der Waals surface area contributed by atoms with E-state index in [1.54, 1.807) is 6.92 Å². The Morgan fingerprint density at radius 1 is 1.50 bits per heavy atom. The van der Waals surface area contributed by atoms with E-state index in [0.29, 0.717) is 10.6 Å². The molecule has 2 N–H and O–H groups in total. The number of nitrogens with two attached hydrogens (primary N) is 1. The third kappa shape index (κ3) is 1.24. The third-order valence-corrected chi connectivity index (χ3v) is 1.91. The van der Waals surface area contributed by atoms with Gasteiger partial charge in [-0.3, -0.25) is 0 Å². The Labute approximate surface area is 64.5 Å². The van der Waals surface area contributed by atoms with Gasteiger partial charge >= 0.3 is 0 Å². The van der Waals surface area contributed by atoms with Gasteiger partial charge in [0.05, 0.1) is 0 Å². The summed E-state index contributed by atoms with van der Waals surface area (Å²) in [5.74, 6) is -0.312. The molecule has 0 aliphatic heterocycles. The van der Waals surface area contributed by atoms with Gasteiger partial charge in [0.25, 0.3) is 0 Å². The number of thiol groups is 1. The third-order valence-electron chi connectivity index (χ3n) is 1.29. The van der Waals surface area contributed by atoms with Crippen molar-refractivity contribution in [3.05, 3.63) is 23.5 Å². The molecule has 0 radical (unpaired) electrons. The van der Waals surface area contributed by atoms with Crippen LogP contribution in [0, 0.1) is 12.7 Å². The van der Waals surface area contributed by atoms with Crippen molar-refractivity contribution in [2.75, 3.05) is 5.73 Å². The zero-order valence-electron chi connectivity index (χ0n) is 5.56. The van der Waals surface area contributed by atoms with E-state index in [1.807, 2.05) is 0 Å². The van der Waals surface area contributed by atoms with Crippen LogP contribution in [0.25, 0.3) is 0 Å². The Balaban J connectivity index is 3.31. The van der Waals surface area contributed by atoms with Crippen molar-refractivity contribution in [3.8, 4) is 0 Å². The molecule has 1 aromatic carbocycles. The highest BCUT2D eigenvalue weighted by atomic mass is 32.1. The van der Waals surface area contributed by atoms with Crippen molar-refractivity contribution in [2.45, 2.75) is 11.8 Å². The first kappa shape index (κ1) is 7.41. The van der Waals surface area contributed by atoms with Crippen LogP contribution in [0.15, 0.2) is 17.0 Å². The molecular formula is C7H8FNS. The SMILES string of the molecule is Cc1cc(F)cc(N)c1S. The van der Waals surface area contributed by atoms with Gasteiger partial charge < -0.3 is 5.73 Å². The summed E-state index contributed by atoms with van der Waals surface area (Å²) in [4.78, 5) is 0.654. The molecule has 0 amide bonds. The number of benzene rings is 1. The number of hydrogen-bond acceptors (Lipinski definition) is 2. The monoisotopic (exact) mass is 157 g/mol. The molecule has 1 rings (SSSR count). The van der Waals surface area contributed by atoms with Gasteiger partial charge in [0, 0.05) is 10.6 Å². The van der Waals surface area contributed by atoms with E-state index < -0.39 is 0 Å². The Bertz CT molecular complexity index is 237. The van der Waals surface area contributed by atoms with Crippen molar-refractivity contribution in [1.82, 2.24) is 0 Å². The van der Waals surface area contributed by atoms with Gasteiger partial charge in [-0.2, -0.15) is 0 Å². The van der Waals surface area contributed by atoms with Gasteiger partial charge in [0.15, 0.2) is 0 Å². The summed E-state index contributed by atoms with van der Waals surface area (Å²) >= 11 is 4.07. The first-order valence-electron chi connectivity index (χ1n) is 2.86. The molecule has 0 aromatic heterocycles. The lowest BCUT2D eigenvalue weighted by Gasteiger charge is -2.01. The topological polar surface area (TPSA) is 26.0 Å². The van der Waals surface area contributed by atoms with Crippen LogP contribution < -0.4 is 5.73 Å². The molecule has 0 saturated heterocycles. The predicted molar refractivity (Wildman–Crippen MR) is 42.8 cm³/mol. The predicted octanol–water partition coefficient (Wildman–Crippen LogP) is 2.01. The quantitative estimate of drug-likeness (QED) is 0.437. The Kier molecular flexibility index (Phi) is 1.85. The number of nitrogen functional groups attached to an aromatic ring is 1. The van der Waals surface area contributed by atoms with E-state index in [9.17, 15) is 4.39 Å². The van der Waals surface area contributed by atoms with Gasteiger partial charge in [-0.1, -0.05) is 0 Å². The molecule has 1 nitrogen and oxygen atoms in total. The highest BCUT2D eigenvalue weighted by Gasteiger charge is 2.00. The highest BCUT2D eigenvalue weighted by Crippen LogP contribution is 2.21. The molecule has 0 spiro atoms. The zero-order chi connectivity index (χ0) is 7.72. The summed E-state index contributed by atoms with van der Waals surface area (Å²) in [5, 5.41) is 0. The number of aryl methyl sites for hydroxylation is 1. The minimum Gasteiger partial charge on any atom is -0.398 e. The van der Waals surface area contributed by atoms with Crippen LogP contribution in [-0.2, 0) is 0 Å². The van der Waals surface area contributed by atoms with Crippen LogP contribution in [0.5, 0.6) is 0 Å². The molecule has 0 unspecified atom stereocenters. The molecular weight excluding hydrogens is 149 g/mol. The summed E-state index contributed by atoms with van der Waals surface area (Å²) in [7, 11) is 0. The molecule has 0 fully saturated rings. The number of hydrogen-bond donors (Lipinski definition) is 2. The van der Waals surface area contributed by atoms with E-state index in [1.165, 1.54) is 12.1 Å². The Morgan fingerprint density at radius 3 is 2.60 bits per heavy atom. The molecule has 0 heterocycles. The minimum absolute atomic E-state index is 0.312. The fourth-order valence-corrected chi connectivity index (χ4v) is 0.891. The van der Waals surface area contributed by atoms with Gasteiger partial charge in [-0.25, -0.2) is 4.39 Å². The molecule has 0 aliphatic rings. The van der Waals surface area contributed by atoms with E-state index in [2.05, 4.69) is 12.6 Å². The Hall–Kier alpha value is -0.700. The maximum atomic E-state index is 12.5. The first-order valence-corrected chi connectivity index (χ1v) is 3.30. The number of halogens is 1. The highest BCUT2D eigenvalue weighted by molar-refractivity contribution is 7.80. The van der Waals surface area contributed by atoms with E-state index in [-0.39, 0.29) is 5.82 Å². The van der Waals surface area contributed by atoms with Crippen molar-refractivity contribution < 1.29 is 4.39 Å². The zero-order valence-corrected chi connectivity index (χ0v) is 6.45. The summed E-state index contributed by atoms with van der Waals surface area (Å²) in [6.07, 6.45) is 0. The fourth-order valence-electron chi connectivity index (χ4n) is 0.761. The molecule has 10 heavy (non-hydrogen) atoms. The minimum atomic E-state index is -0.312. The smallest absolute Gasteiger partial charge is 0.125 e. The standard InChI is InChI=1S/C7H8FNS/c1-4-2-5(8)3-6(9)7(4)10/h2-3,10H,9H2,1H3. The molecule has 54 valence electrons. The van der Waals surface area contributed by atoms with E-state index in [4.69, 9.17) is 5.73 Å². The average molecular weight is 157 g/mol. The normalized spacial score (nSPS) is 9.90. The van der Waals surface area contributed by atoms with E-state index >= 15 is 0 Å². The van der Waals surface area contributed by atoms with Gasteiger partial charge in [0.1, 0.15) is 5.82 Å². The van der Waals surface area contributed by atoms with Gasteiger partial charge in [-0.05, 0) is 24.6 Å². The van der Waals surface area contributed by atoms with E-state index in [0.717, 1.165) is 5.56 Å². The van der Waals surface area contributed by atoms with Crippen LogP contribution in [0.1, 0.15) is 5.56 Å². The number of anilines is 1. The van der Waals surface area contributed by atoms with Crippen molar-refractivity contribution in [3.63, 3.8) is 0 Å². The molecule has 0 aliphatic carbocycles. The summed E-state index contributed by atoms with van der Waals surface area (Å²) in [6, 6.07) is 2.66. The molecule has 0 saturated carbocycles. The molecule has 0 atom stereocenters. The second-order valence-electron chi connectivity index (χ2n) is 2.16.